The maximum absolute atomic E-state index is 6.32. The van der Waals surface area contributed by atoms with Gasteiger partial charge in [-0.05, 0) is 36.9 Å². The Labute approximate surface area is 134 Å². The molecule has 0 aliphatic heterocycles. The van der Waals surface area contributed by atoms with Gasteiger partial charge in [-0.3, -0.25) is 0 Å². The lowest BCUT2D eigenvalue weighted by molar-refractivity contribution is 0.388. The Morgan fingerprint density at radius 3 is 2.24 bits per heavy atom. The van der Waals surface area contributed by atoms with Crippen molar-refractivity contribution in [2.24, 2.45) is 0 Å². The average molecular weight is 326 g/mol. The molecule has 2 aromatic carbocycles. The van der Waals surface area contributed by atoms with E-state index >= 15 is 0 Å². The van der Waals surface area contributed by atoms with Crippen molar-refractivity contribution >= 4 is 23.2 Å². The predicted molar refractivity (Wildman–Crippen MR) is 86.9 cm³/mol. The number of hydrogen-bond donors (Lipinski definition) is 1. The van der Waals surface area contributed by atoms with Crippen molar-refractivity contribution in [3.05, 3.63) is 57.6 Å². The normalized spacial score (nSPS) is 12.0. The summed E-state index contributed by atoms with van der Waals surface area (Å²) in [4.78, 5) is 0. The number of methoxy groups -OCH3 is 2. The fourth-order valence-corrected chi connectivity index (χ4v) is 2.79. The molecule has 1 N–H and O–H groups in total. The third-order valence-corrected chi connectivity index (χ3v) is 3.88. The minimum atomic E-state index is -0.101. The van der Waals surface area contributed by atoms with Gasteiger partial charge in [-0.2, -0.15) is 0 Å². The molecule has 0 spiro atoms. The topological polar surface area (TPSA) is 30.5 Å². The lowest BCUT2D eigenvalue weighted by Crippen LogP contribution is -2.19. The van der Waals surface area contributed by atoms with Crippen molar-refractivity contribution in [1.82, 2.24) is 5.32 Å². The lowest BCUT2D eigenvalue weighted by atomic mass is 9.97. The summed E-state index contributed by atoms with van der Waals surface area (Å²) in [6.45, 7) is 0. The van der Waals surface area contributed by atoms with E-state index in [2.05, 4.69) is 5.32 Å². The molecule has 2 rings (SSSR count). The van der Waals surface area contributed by atoms with Crippen LogP contribution >= 0.6 is 23.2 Å². The second kappa shape index (κ2) is 7.03. The van der Waals surface area contributed by atoms with E-state index in [9.17, 15) is 0 Å². The molecule has 0 heterocycles. The van der Waals surface area contributed by atoms with Crippen molar-refractivity contribution < 1.29 is 9.47 Å². The SMILES string of the molecule is CNC(c1ccc(Cl)cc1Cl)c1ccc(OC)cc1OC. The van der Waals surface area contributed by atoms with Crippen LogP contribution in [0, 0.1) is 0 Å². The third kappa shape index (κ3) is 3.43. The molecule has 2 aromatic rings. The Morgan fingerprint density at radius 2 is 1.67 bits per heavy atom. The summed E-state index contributed by atoms with van der Waals surface area (Å²) in [5.74, 6) is 1.48. The molecular weight excluding hydrogens is 309 g/mol. The van der Waals surface area contributed by atoms with Gasteiger partial charge in [-0.1, -0.05) is 29.3 Å². The van der Waals surface area contributed by atoms with Crippen LogP contribution in [0.3, 0.4) is 0 Å². The molecule has 112 valence electrons. The van der Waals surface area contributed by atoms with E-state index in [0.717, 1.165) is 22.6 Å². The van der Waals surface area contributed by atoms with Crippen molar-refractivity contribution in [2.75, 3.05) is 21.3 Å². The zero-order valence-electron chi connectivity index (χ0n) is 12.1. The van der Waals surface area contributed by atoms with Crippen molar-refractivity contribution in [2.45, 2.75) is 6.04 Å². The molecule has 0 bridgehead atoms. The van der Waals surface area contributed by atoms with E-state index in [1.165, 1.54) is 0 Å². The summed E-state index contributed by atoms with van der Waals surface area (Å²) in [5.41, 5.74) is 1.91. The first-order chi connectivity index (χ1) is 10.1. The van der Waals surface area contributed by atoms with Crippen LogP contribution in [0.5, 0.6) is 11.5 Å². The molecule has 0 aliphatic rings. The Morgan fingerprint density at radius 1 is 0.952 bits per heavy atom. The Kier molecular flexibility index (Phi) is 5.34. The zero-order valence-corrected chi connectivity index (χ0v) is 13.6. The molecule has 3 nitrogen and oxygen atoms in total. The Bertz CT molecular complexity index is 632. The number of halogens is 2. The highest BCUT2D eigenvalue weighted by Gasteiger charge is 2.19. The molecule has 21 heavy (non-hydrogen) atoms. The molecule has 0 aromatic heterocycles. The standard InChI is InChI=1S/C16H17Cl2NO2/c1-19-16(12-6-4-10(17)8-14(12)18)13-7-5-11(20-2)9-15(13)21-3/h4-9,16,19H,1-3H3. The number of benzene rings is 2. The zero-order chi connectivity index (χ0) is 15.4. The summed E-state index contributed by atoms with van der Waals surface area (Å²) >= 11 is 12.3. The second-order valence-corrected chi connectivity index (χ2v) is 5.34. The van der Waals surface area contributed by atoms with Crippen LogP contribution in [-0.4, -0.2) is 21.3 Å². The van der Waals surface area contributed by atoms with Gasteiger partial charge in [0, 0.05) is 21.7 Å². The lowest BCUT2D eigenvalue weighted by Gasteiger charge is -2.21. The van der Waals surface area contributed by atoms with Gasteiger partial charge in [0.15, 0.2) is 0 Å². The highest BCUT2D eigenvalue weighted by atomic mass is 35.5. The third-order valence-electron chi connectivity index (χ3n) is 3.31. The number of hydrogen-bond acceptors (Lipinski definition) is 3. The first-order valence-electron chi connectivity index (χ1n) is 6.44. The Hall–Kier alpha value is -1.42. The van der Waals surface area contributed by atoms with Gasteiger partial charge < -0.3 is 14.8 Å². The summed E-state index contributed by atoms with van der Waals surface area (Å²) in [6.07, 6.45) is 0. The van der Waals surface area contributed by atoms with Crippen LogP contribution in [0.4, 0.5) is 0 Å². The number of ether oxygens (including phenoxy) is 2. The highest BCUT2D eigenvalue weighted by molar-refractivity contribution is 6.35. The minimum absolute atomic E-state index is 0.101. The van der Waals surface area contributed by atoms with Crippen LogP contribution in [-0.2, 0) is 0 Å². The molecule has 0 amide bonds. The van der Waals surface area contributed by atoms with Gasteiger partial charge >= 0.3 is 0 Å². The average Bonchev–Trinajstić information content (AvgIpc) is 2.50. The van der Waals surface area contributed by atoms with Crippen LogP contribution in [0.1, 0.15) is 17.2 Å². The van der Waals surface area contributed by atoms with Gasteiger partial charge in [0.1, 0.15) is 11.5 Å². The first-order valence-corrected chi connectivity index (χ1v) is 7.20. The van der Waals surface area contributed by atoms with Gasteiger partial charge in [-0.15, -0.1) is 0 Å². The summed E-state index contributed by atoms with van der Waals surface area (Å²) in [6, 6.07) is 11.1. The highest BCUT2D eigenvalue weighted by Crippen LogP contribution is 2.36. The van der Waals surface area contributed by atoms with Gasteiger partial charge in [-0.25, -0.2) is 0 Å². The summed E-state index contributed by atoms with van der Waals surface area (Å²) in [5, 5.41) is 4.48. The Balaban J connectivity index is 2.50. The van der Waals surface area contributed by atoms with Crippen LogP contribution in [0.2, 0.25) is 10.0 Å². The van der Waals surface area contributed by atoms with E-state index in [-0.39, 0.29) is 6.04 Å². The molecular formula is C16H17Cl2NO2. The monoisotopic (exact) mass is 325 g/mol. The molecule has 0 saturated carbocycles. The van der Waals surface area contributed by atoms with Crippen LogP contribution in [0.15, 0.2) is 36.4 Å². The van der Waals surface area contributed by atoms with E-state index in [1.54, 1.807) is 20.3 Å². The smallest absolute Gasteiger partial charge is 0.127 e. The molecule has 0 fully saturated rings. The largest absolute Gasteiger partial charge is 0.497 e. The second-order valence-electron chi connectivity index (χ2n) is 4.50. The maximum atomic E-state index is 6.32. The van der Waals surface area contributed by atoms with E-state index in [0.29, 0.717) is 10.0 Å². The molecule has 0 aliphatic carbocycles. The molecule has 1 atom stereocenters. The van der Waals surface area contributed by atoms with Gasteiger partial charge in [0.25, 0.3) is 0 Å². The number of rotatable bonds is 5. The summed E-state index contributed by atoms with van der Waals surface area (Å²) < 4.78 is 10.7. The van der Waals surface area contributed by atoms with Crippen molar-refractivity contribution in [1.29, 1.82) is 0 Å². The summed E-state index contributed by atoms with van der Waals surface area (Å²) in [7, 11) is 5.13. The molecule has 1 unspecified atom stereocenters. The molecule has 5 heteroatoms. The number of nitrogens with one attached hydrogen (secondary N) is 1. The van der Waals surface area contributed by atoms with E-state index in [4.69, 9.17) is 32.7 Å². The fourth-order valence-electron chi connectivity index (χ4n) is 2.27. The van der Waals surface area contributed by atoms with Crippen LogP contribution in [0.25, 0.3) is 0 Å². The molecule has 0 saturated heterocycles. The predicted octanol–water partition coefficient (Wildman–Crippen LogP) is 4.32. The quantitative estimate of drug-likeness (QED) is 0.888. The molecule has 0 radical (unpaired) electrons. The fraction of sp³-hybridized carbons (Fsp3) is 0.250. The first kappa shape index (κ1) is 16.0. The van der Waals surface area contributed by atoms with Crippen molar-refractivity contribution in [3.63, 3.8) is 0 Å². The van der Waals surface area contributed by atoms with Crippen molar-refractivity contribution in [3.8, 4) is 11.5 Å². The maximum Gasteiger partial charge on any atom is 0.127 e. The minimum Gasteiger partial charge on any atom is -0.497 e. The van der Waals surface area contributed by atoms with Crippen LogP contribution < -0.4 is 14.8 Å². The van der Waals surface area contributed by atoms with Gasteiger partial charge in [0.05, 0.1) is 20.3 Å². The van der Waals surface area contributed by atoms with Gasteiger partial charge in [0.2, 0.25) is 0 Å². The van der Waals surface area contributed by atoms with E-state index < -0.39 is 0 Å². The van der Waals surface area contributed by atoms with E-state index in [1.807, 2.05) is 37.4 Å².